The molecule has 0 spiro atoms. The minimum Gasteiger partial charge on any atom is -0.330 e. The molecule has 1 aliphatic rings. The molecule has 0 aromatic carbocycles. The van der Waals surface area contributed by atoms with Crippen LogP contribution in [0.3, 0.4) is 0 Å². The van der Waals surface area contributed by atoms with Crippen molar-refractivity contribution in [3.63, 3.8) is 0 Å². The van der Waals surface area contributed by atoms with Gasteiger partial charge in [0.15, 0.2) is 0 Å². The molecule has 8 nitrogen and oxygen atoms in total. The number of H-pyrrole nitrogens is 1. The van der Waals surface area contributed by atoms with Gasteiger partial charge in [-0.15, -0.1) is 0 Å². The average molecular weight is 296 g/mol. The number of aromatic amines is 1. The van der Waals surface area contributed by atoms with Gasteiger partial charge >= 0.3 is 5.69 Å². The van der Waals surface area contributed by atoms with Crippen molar-refractivity contribution >= 4 is 0 Å². The summed E-state index contributed by atoms with van der Waals surface area (Å²) in [5.74, 6) is 0. The van der Waals surface area contributed by atoms with Gasteiger partial charge in [0.25, 0.3) is 5.56 Å². The Bertz CT molecular complexity index is 554. The molecule has 2 rings (SSSR count). The molecule has 1 aromatic heterocycles. The third kappa shape index (κ3) is 4.50. The first-order chi connectivity index (χ1) is 10.1. The third-order valence-electron chi connectivity index (χ3n) is 3.77. The van der Waals surface area contributed by atoms with Crippen LogP contribution in [0, 0.1) is 0 Å². The van der Waals surface area contributed by atoms with Crippen LogP contribution in [-0.2, 0) is 6.67 Å². The van der Waals surface area contributed by atoms with Crippen LogP contribution in [0.5, 0.6) is 0 Å². The summed E-state index contributed by atoms with van der Waals surface area (Å²) in [5.41, 5.74) is 10.8. The normalized spacial score (nSPS) is 22.8. The van der Waals surface area contributed by atoms with Crippen molar-refractivity contribution < 1.29 is 0 Å². The summed E-state index contributed by atoms with van der Waals surface area (Å²) < 4.78 is 1.43. The molecule has 1 aliphatic heterocycles. The number of aromatic nitrogens is 2. The summed E-state index contributed by atoms with van der Waals surface area (Å²) in [6.07, 6.45) is 3.39. The molecule has 0 aliphatic carbocycles. The lowest BCUT2D eigenvalue weighted by Crippen LogP contribution is -2.41. The Morgan fingerprint density at radius 2 is 2.24 bits per heavy atom. The maximum atomic E-state index is 11.5. The first kappa shape index (κ1) is 15.9. The second-order valence-electron chi connectivity index (χ2n) is 5.48. The lowest BCUT2D eigenvalue weighted by molar-refractivity contribution is 0.241. The quantitative estimate of drug-likeness (QED) is 0.454. The standard InChI is InChI=1S/C13H24N6O2/c14-3-1-4-18-8-10(15)6-11(18)7-16-9-19-5-2-12(20)17-13(19)21/h2,5,10-11,16H,1,3-4,6-9,14-15H2,(H,17,20,21). The summed E-state index contributed by atoms with van der Waals surface area (Å²) in [4.78, 5) is 27.1. The Labute approximate surface area is 123 Å². The van der Waals surface area contributed by atoms with Crippen molar-refractivity contribution in [2.45, 2.75) is 31.6 Å². The smallest absolute Gasteiger partial charge is 0.329 e. The highest BCUT2D eigenvalue weighted by Crippen LogP contribution is 2.15. The first-order valence-electron chi connectivity index (χ1n) is 7.30. The van der Waals surface area contributed by atoms with E-state index in [-0.39, 0.29) is 11.6 Å². The van der Waals surface area contributed by atoms with Gasteiger partial charge in [0.1, 0.15) is 0 Å². The highest BCUT2D eigenvalue weighted by molar-refractivity contribution is 4.89. The Morgan fingerprint density at radius 3 is 2.95 bits per heavy atom. The average Bonchev–Trinajstić information content (AvgIpc) is 2.79. The molecule has 118 valence electrons. The van der Waals surface area contributed by atoms with Gasteiger partial charge in [-0.1, -0.05) is 0 Å². The number of nitrogens with zero attached hydrogens (tertiary/aromatic N) is 2. The van der Waals surface area contributed by atoms with E-state index in [9.17, 15) is 9.59 Å². The molecule has 0 saturated carbocycles. The zero-order valence-corrected chi connectivity index (χ0v) is 12.1. The minimum absolute atomic E-state index is 0.199. The number of likely N-dealkylation sites (tertiary alicyclic amines) is 1. The van der Waals surface area contributed by atoms with Crippen LogP contribution >= 0.6 is 0 Å². The maximum Gasteiger partial charge on any atom is 0.329 e. The molecule has 0 amide bonds. The maximum absolute atomic E-state index is 11.5. The van der Waals surface area contributed by atoms with Gasteiger partial charge in [-0.2, -0.15) is 0 Å². The second kappa shape index (κ2) is 7.51. The summed E-state index contributed by atoms with van der Waals surface area (Å²) in [7, 11) is 0. The Hall–Kier alpha value is -1.48. The summed E-state index contributed by atoms with van der Waals surface area (Å²) >= 11 is 0. The van der Waals surface area contributed by atoms with E-state index in [2.05, 4.69) is 15.2 Å². The summed E-state index contributed by atoms with van der Waals surface area (Å²) in [6, 6.07) is 1.90. The van der Waals surface area contributed by atoms with Crippen LogP contribution in [-0.4, -0.2) is 52.7 Å². The van der Waals surface area contributed by atoms with Crippen LogP contribution < -0.4 is 28.0 Å². The van der Waals surface area contributed by atoms with Gasteiger partial charge < -0.3 is 11.5 Å². The monoisotopic (exact) mass is 296 g/mol. The van der Waals surface area contributed by atoms with E-state index in [4.69, 9.17) is 11.5 Å². The van der Waals surface area contributed by atoms with Crippen LogP contribution in [0.2, 0.25) is 0 Å². The summed E-state index contributed by atoms with van der Waals surface area (Å²) in [6.45, 7) is 3.65. The van der Waals surface area contributed by atoms with Crippen molar-refractivity contribution in [3.8, 4) is 0 Å². The van der Waals surface area contributed by atoms with Gasteiger partial charge in [-0.05, 0) is 25.9 Å². The lowest BCUT2D eigenvalue weighted by Gasteiger charge is -2.24. The van der Waals surface area contributed by atoms with Gasteiger partial charge in [-0.25, -0.2) is 4.79 Å². The Balaban J connectivity index is 1.84. The van der Waals surface area contributed by atoms with E-state index in [1.807, 2.05) is 0 Å². The fraction of sp³-hybridized carbons (Fsp3) is 0.692. The molecule has 2 heterocycles. The van der Waals surface area contributed by atoms with E-state index < -0.39 is 5.69 Å². The first-order valence-corrected chi connectivity index (χ1v) is 7.30. The van der Waals surface area contributed by atoms with Crippen molar-refractivity contribution in [3.05, 3.63) is 33.1 Å². The van der Waals surface area contributed by atoms with Crippen LogP contribution in [0.4, 0.5) is 0 Å². The zero-order chi connectivity index (χ0) is 15.2. The predicted molar refractivity (Wildman–Crippen MR) is 81.0 cm³/mol. The molecule has 1 saturated heterocycles. The van der Waals surface area contributed by atoms with Crippen LogP contribution in [0.1, 0.15) is 12.8 Å². The SMILES string of the molecule is NCCCN1CC(N)CC1CNCn1ccc(=O)[nH]c1=O. The molecule has 1 aromatic rings. The molecule has 21 heavy (non-hydrogen) atoms. The Morgan fingerprint density at radius 1 is 1.43 bits per heavy atom. The van der Waals surface area contributed by atoms with Crippen LogP contribution in [0.25, 0.3) is 0 Å². The van der Waals surface area contributed by atoms with E-state index in [0.29, 0.717) is 19.3 Å². The van der Waals surface area contributed by atoms with Crippen molar-refractivity contribution in [2.24, 2.45) is 11.5 Å². The third-order valence-corrected chi connectivity index (χ3v) is 3.77. The van der Waals surface area contributed by atoms with Gasteiger partial charge in [0.2, 0.25) is 0 Å². The van der Waals surface area contributed by atoms with E-state index in [1.165, 1.54) is 16.8 Å². The molecule has 2 atom stereocenters. The van der Waals surface area contributed by atoms with Crippen molar-refractivity contribution in [2.75, 3.05) is 26.2 Å². The van der Waals surface area contributed by atoms with Gasteiger partial charge in [0, 0.05) is 37.4 Å². The lowest BCUT2D eigenvalue weighted by atomic mass is 10.2. The summed E-state index contributed by atoms with van der Waals surface area (Å²) in [5, 5.41) is 3.24. The molecule has 8 heteroatoms. The van der Waals surface area contributed by atoms with E-state index in [0.717, 1.165) is 32.5 Å². The number of rotatable bonds is 7. The predicted octanol–water partition coefficient (Wildman–Crippen LogP) is -2.17. The number of nitrogens with one attached hydrogen (secondary N) is 2. The van der Waals surface area contributed by atoms with Crippen molar-refractivity contribution in [1.82, 2.24) is 19.8 Å². The molecule has 0 bridgehead atoms. The highest BCUT2D eigenvalue weighted by atomic mass is 16.2. The molecule has 6 N–H and O–H groups in total. The second-order valence-corrected chi connectivity index (χ2v) is 5.48. The van der Waals surface area contributed by atoms with E-state index >= 15 is 0 Å². The molecule has 1 fully saturated rings. The highest BCUT2D eigenvalue weighted by Gasteiger charge is 2.28. The number of nitrogens with two attached hydrogens (primary N) is 2. The number of hydrogen-bond donors (Lipinski definition) is 4. The van der Waals surface area contributed by atoms with Gasteiger partial charge in [0.05, 0.1) is 6.67 Å². The topological polar surface area (TPSA) is 122 Å². The Kier molecular flexibility index (Phi) is 5.68. The van der Waals surface area contributed by atoms with Crippen LogP contribution in [0.15, 0.2) is 21.9 Å². The number of hydrogen-bond acceptors (Lipinski definition) is 6. The molecule has 0 radical (unpaired) electrons. The minimum atomic E-state index is -0.405. The van der Waals surface area contributed by atoms with Crippen molar-refractivity contribution in [1.29, 1.82) is 0 Å². The molecular weight excluding hydrogens is 272 g/mol. The zero-order valence-electron chi connectivity index (χ0n) is 12.1. The largest absolute Gasteiger partial charge is 0.330 e. The molecule has 2 unspecified atom stereocenters. The molecular formula is C13H24N6O2. The van der Waals surface area contributed by atoms with E-state index in [1.54, 1.807) is 0 Å². The fourth-order valence-electron chi connectivity index (χ4n) is 2.72. The fourth-order valence-corrected chi connectivity index (χ4v) is 2.72. The van der Waals surface area contributed by atoms with Gasteiger partial charge in [-0.3, -0.25) is 24.6 Å².